The van der Waals surface area contributed by atoms with Crippen LogP contribution in [0.5, 0.6) is 5.75 Å². The van der Waals surface area contributed by atoms with Crippen LogP contribution >= 0.6 is 27.5 Å². The van der Waals surface area contributed by atoms with Crippen molar-refractivity contribution in [2.75, 3.05) is 0 Å². The average Bonchev–Trinajstić information content (AvgIpc) is 2.54. The Balaban J connectivity index is 2.13. The zero-order valence-electron chi connectivity index (χ0n) is 8.71. The number of ether oxygens (including phenoxy) is 1. The predicted molar refractivity (Wildman–Crippen MR) is 69.1 cm³/mol. The monoisotopic (exact) mass is 296 g/mol. The average molecular weight is 298 g/mol. The fourth-order valence-corrected chi connectivity index (χ4v) is 3.22. The summed E-state index contributed by atoms with van der Waals surface area (Å²) in [4.78, 5) is 0. The summed E-state index contributed by atoms with van der Waals surface area (Å²) >= 11 is 9.53. The third-order valence-electron chi connectivity index (χ3n) is 3.07. The first kappa shape index (κ1) is 10.4. The lowest BCUT2D eigenvalue weighted by molar-refractivity contribution is 0.404. The molecule has 0 fully saturated rings. The molecule has 0 saturated carbocycles. The van der Waals surface area contributed by atoms with E-state index in [1.807, 2.05) is 24.3 Å². The van der Waals surface area contributed by atoms with Gasteiger partial charge < -0.3 is 4.74 Å². The van der Waals surface area contributed by atoms with Gasteiger partial charge in [-0.2, -0.15) is 0 Å². The fourth-order valence-electron chi connectivity index (χ4n) is 2.39. The minimum absolute atomic E-state index is 0.315. The summed E-state index contributed by atoms with van der Waals surface area (Å²) in [6.07, 6.45) is 4.24. The molecule has 2 atom stereocenters. The lowest BCUT2D eigenvalue weighted by Gasteiger charge is -2.20. The van der Waals surface area contributed by atoms with E-state index in [1.54, 1.807) is 0 Å². The number of allylic oxidation sites excluding steroid dienone is 4. The highest BCUT2D eigenvalue weighted by Gasteiger charge is 2.35. The van der Waals surface area contributed by atoms with Gasteiger partial charge in [-0.1, -0.05) is 40.5 Å². The molecule has 1 nitrogen and oxygen atoms in total. The van der Waals surface area contributed by atoms with Crippen LogP contribution in [-0.2, 0) is 0 Å². The van der Waals surface area contributed by atoms with E-state index in [4.69, 9.17) is 16.3 Å². The van der Waals surface area contributed by atoms with Gasteiger partial charge in [0, 0.05) is 15.1 Å². The van der Waals surface area contributed by atoms with E-state index in [0.29, 0.717) is 11.8 Å². The van der Waals surface area contributed by atoms with Gasteiger partial charge in [-0.25, -0.2) is 0 Å². The van der Waals surface area contributed by atoms with Crippen LogP contribution in [0.4, 0.5) is 0 Å². The van der Waals surface area contributed by atoms with Gasteiger partial charge in [0.15, 0.2) is 0 Å². The van der Waals surface area contributed by atoms with Gasteiger partial charge in [0.25, 0.3) is 0 Å². The van der Waals surface area contributed by atoms with Crippen molar-refractivity contribution >= 4 is 27.5 Å². The Bertz CT molecular complexity index is 519. The number of hydrogen-bond acceptors (Lipinski definition) is 1. The lowest BCUT2D eigenvalue weighted by Crippen LogP contribution is -2.11. The normalized spacial score (nSPS) is 26.4. The molecule has 0 bridgehead atoms. The number of fused-ring (bicyclic) bond motifs is 3. The van der Waals surface area contributed by atoms with Crippen molar-refractivity contribution in [2.24, 2.45) is 5.92 Å². The standard InChI is InChI=1S/C13H10BrClO/c1-7-4-8(14)5-12-13(7)10-6-9(15)2-3-11(10)16-12/h2-7,13H,1H3. The molecule has 0 aromatic heterocycles. The molecule has 3 rings (SSSR count). The van der Waals surface area contributed by atoms with Crippen molar-refractivity contribution in [3.63, 3.8) is 0 Å². The molecule has 2 unspecified atom stereocenters. The predicted octanol–water partition coefficient (Wildman–Crippen LogP) is 4.63. The molecule has 1 heterocycles. The maximum atomic E-state index is 6.03. The number of halogens is 2. The Morgan fingerprint density at radius 2 is 2.19 bits per heavy atom. The van der Waals surface area contributed by atoms with Crippen LogP contribution in [0.25, 0.3) is 0 Å². The summed E-state index contributed by atoms with van der Waals surface area (Å²) in [6, 6.07) is 5.81. The maximum absolute atomic E-state index is 6.03. The highest BCUT2D eigenvalue weighted by atomic mass is 79.9. The van der Waals surface area contributed by atoms with E-state index in [2.05, 4.69) is 28.9 Å². The van der Waals surface area contributed by atoms with Gasteiger partial charge in [0.2, 0.25) is 0 Å². The number of hydrogen-bond donors (Lipinski definition) is 0. The molecule has 0 saturated heterocycles. The first-order chi connectivity index (χ1) is 7.65. The van der Waals surface area contributed by atoms with Gasteiger partial charge in [-0.3, -0.25) is 0 Å². The van der Waals surface area contributed by atoms with Crippen LogP contribution in [0.1, 0.15) is 18.4 Å². The topological polar surface area (TPSA) is 9.23 Å². The van der Waals surface area contributed by atoms with Gasteiger partial charge in [-0.15, -0.1) is 0 Å². The fraction of sp³-hybridized carbons (Fsp3) is 0.231. The van der Waals surface area contributed by atoms with Crippen molar-refractivity contribution in [3.05, 3.63) is 51.2 Å². The highest BCUT2D eigenvalue weighted by molar-refractivity contribution is 9.11. The minimum Gasteiger partial charge on any atom is -0.461 e. The quantitative estimate of drug-likeness (QED) is 0.678. The third kappa shape index (κ3) is 1.52. The second-order valence-electron chi connectivity index (χ2n) is 4.22. The first-order valence-electron chi connectivity index (χ1n) is 5.21. The summed E-state index contributed by atoms with van der Waals surface area (Å²) in [5, 5.41) is 0.768. The summed E-state index contributed by atoms with van der Waals surface area (Å²) in [5.41, 5.74) is 1.20. The maximum Gasteiger partial charge on any atom is 0.131 e. The van der Waals surface area contributed by atoms with Gasteiger partial charge >= 0.3 is 0 Å². The summed E-state index contributed by atoms with van der Waals surface area (Å²) in [7, 11) is 0. The Morgan fingerprint density at radius 1 is 1.38 bits per heavy atom. The molecule has 1 aliphatic carbocycles. The van der Waals surface area contributed by atoms with Gasteiger partial charge in [0.1, 0.15) is 11.5 Å². The van der Waals surface area contributed by atoms with Gasteiger partial charge in [0.05, 0.1) is 5.92 Å². The number of rotatable bonds is 0. The molecule has 1 aromatic carbocycles. The van der Waals surface area contributed by atoms with Crippen LogP contribution < -0.4 is 4.74 Å². The Labute approximate surface area is 108 Å². The van der Waals surface area contributed by atoms with Crippen LogP contribution in [0.2, 0.25) is 5.02 Å². The van der Waals surface area contributed by atoms with Crippen molar-refractivity contribution in [2.45, 2.75) is 12.8 Å². The smallest absolute Gasteiger partial charge is 0.131 e. The molecule has 16 heavy (non-hydrogen) atoms. The van der Waals surface area contributed by atoms with E-state index in [-0.39, 0.29) is 0 Å². The Kier molecular flexibility index (Phi) is 2.37. The van der Waals surface area contributed by atoms with E-state index >= 15 is 0 Å². The first-order valence-corrected chi connectivity index (χ1v) is 6.38. The van der Waals surface area contributed by atoms with Crippen molar-refractivity contribution in [3.8, 4) is 5.75 Å². The lowest BCUT2D eigenvalue weighted by atomic mass is 9.84. The molecular formula is C13H10BrClO. The van der Waals surface area contributed by atoms with Crippen LogP contribution in [0.15, 0.2) is 40.6 Å². The van der Waals surface area contributed by atoms with E-state index in [1.165, 1.54) is 5.56 Å². The molecule has 0 N–H and O–H groups in total. The third-order valence-corrected chi connectivity index (χ3v) is 3.80. The summed E-state index contributed by atoms with van der Waals surface area (Å²) in [6.45, 7) is 2.19. The van der Waals surface area contributed by atoms with Crippen LogP contribution in [0.3, 0.4) is 0 Å². The SMILES string of the molecule is CC1C=C(Br)C=C2Oc3ccc(Cl)cc3C21. The van der Waals surface area contributed by atoms with Gasteiger partial charge in [-0.05, 0) is 30.2 Å². The molecule has 2 aliphatic rings. The van der Waals surface area contributed by atoms with Crippen molar-refractivity contribution in [1.29, 1.82) is 0 Å². The van der Waals surface area contributed by atoms with E-state index < -0.39 is 0 Å². The molecule has 1 aliphatic heterocycles. The van der Waals surface area contributed by atoms with Crippen LogP contribution in [-0.4, -0.2) is 0 Å². The molecule has 82 valence electrons. The zero-order chi connectivity index (χ0) is 11.3. The molecule has 0 radical (unpaired) electrons. The molecule has 0 spiro atoms. The Morgan fingerprint density at radius 3 is 3.00 bits per heavy atom. The van der Waals surface area contributed by atoms with E-state index in [0.717, 1.165) is 21.0 Å². The summed E-state index contributed by atoms with van der Waals surface area (Å²) < 4.78 is 6.93. The highest BCUT2D eigenvalue weighted by Crippen LogP contribution is 2.48. The Hall–Kier alpha value is -0.730. The molecular weight excluding hydrogens is 287 g/mol. The minimum atomic E-state index is 0.315. The molecule has 3 heteroatoms. The van der Waals surface area contributed by atoms with E-state index in [9.17, 15) is 0 Å². The second-order valence-corrected chi connectivity index (χ2v) is 5.57. The number of benzene rings is 1. The summed E-state index contributed by atoms with van der Waals surface area (Å²) in [5.74, 6) is 2.69. The largest absolute Gasteiger partial charge is 0.461 e. The van der Waals surface area contributed by atoms with Crippen molar-refractivity contribution < 1.29 is 4.74 Å². The van der Waals surface area contributed by atoms with Crippen LogP contribution in [0, 0.1) is 5.92 Å². The zero-order valence-corrected chi connectivity index (χ0v) is 11.0. The molecule has 0 amide bonds. The second kappa shape index (κ2) is 3.64. The molecule has 1 aromatic rings. The van der Waals surface area contributed by atoms with Crippen molar-refractivity contribution in [1.82, 2.24) is 0 Å².